The Morgan fingerprint density at radius 1 is 1.00 bits per heavy atom. The lowest BCUT2D eigenvalue weighted by atomic mass is 10.2. The zero-order valence-corrected chi connectivity index (χ0v) is 17.8. The average molecular weight is 499 g/mol. The van der Waals surface area contributed by atoms with Gasteiger partial charge >= 0.3 is 0 Å². The largest absolute Gasteiger partial charge is 0.325 e. The summed E-state index contributed by atoms with van der Waals surface area (Å²) in [6, 6.07) is 16.8. The van der Waals surface area contributed by atoms with Crippen molar-refractivity contribution in [2.24, 2.45) is 0 Å². The fourth-order valence-electron chi connectivity index (χ4n) is 3.01. The smallest absolute Gasteiger partial charge is 0.238 e. The normalized spacial score (nSPS) is 16.2. The van der Waals surface area contributed by atoms with Crippen molar-refractivity contribution in [1.82, 2.24) is 9.21 Å². The molecule has 1 N–H and O–H groups in total. The van der Waals surface area contributed by atoms with Gasteiger partial charge in [0.05, 0.1) is 12.3 Å². The van der Waals surface area contributed by atoms with E-state index in [4.69, 9.17) is 0 Å². The maximum Gasteiger partial charge on any atom is 0.238 e. The maximum absolute atomic E-state index is 12.6. The Labute approximate surface area is 173 Å². The van der Waals surface area contributed by atoms with E-state index in [0.29, 0.717) is 26.2 Å². The second kappa shape index (κ2) is 9.13. The monoisotopic (exact) mass is 499 g/mol. The quantitative estimate of drug-likeness (QED) is 0.620. The molecule has 0 atom stereocenters. The van der Waals surface area contributed by atoms with Crippen molar-refractivity contribution in [3.63, 3.8) is 0 Å². The van der Waals surface area contributed by atoms with Crippen LogP contribution in [0.1, 0.15) is 5.56 Å². The standard InChI is InChI=1S/C19H22IN3O3S/c20-17-7-4-8-18(13-17)21-19(24)14-22-9-11-23(12-10-22)27(25,26)15-16-5-2-1-3-6-16/h1-8,13H,9-12,14-15H2,(H,21,24). The summed E-state index contributed by atoms with van der Waals surface area (Å²) in [7, 11) is -3.34. The zero-order valence-electron chi connectivity index (χ0n) is 14.8. The molecule has 0 bridgehead atoms. The Morgan fingerprint density at radius 3 is 2.37 bits per heavy atom. The van der Waals surface area contributed by atoms with Crippen LogP contribution in [0.25, 0.3) is 0 Å². The molecule has 0 aliphatic carbocycles. The summed E-state index contributed by atoms with van der Waals surface area (Å²) in [5.74, 6) is -0.0707. The van der Waals surface area contributed by atoms with E-state index in [9.17, 15) is 13.2 Å². The van der Waals surface area contributed by atoms with Gasteiger partial charge in [-0.25, -0.2) is 8.42 Å². The first-order valence-electron chi connectivity index (χ1n) is 8.72. The molecule has 0 saturated carbocycles. The number of halogens is 1. The van der Waals surface area contributed by atoms with E-state index in [1.165, 1.54) is 4.31 Å². The molecule has 1 fully saturated rings. The van der Waals surface area contributed by atoms with E-state index < -0.39 is 10.0 Å². The van der Waals surface area contributed by atoms with Gasteiger partial charge in [0.2, 0.25) is 15.9 Å². The summed E-state index contributed by atoms with van der Waals surface area (Å²) in [6.45, 7) is 2.18. The minimum absolute atomic E-state index is 0.0148. The molecule has 27 heavy (non-hydrogen) atoms. The van der Waals surface area contributed by atoms with Gasteiger partial charge in [0, 0.05) is 35.4 Å². The van der Waals surface area contributed by atoms with Crippen molar-refractivity contribution in [1.29, 1.82) is 0 Å². The number of carbonyl (C=O) groups excluding carboxylic acids is 1. The van der Waals surface area contributed by atoms with E-state index in [0.717, 1.165) is 14.8 Å². The highest BCUT2D eigenvalue weighted by molar-refractivity contribution is 14.1. The molecule has 144 valence electrons. The Morgan fingerprint density at radius 2 is 1.70 bits per heavy atom. The van der Waals surface area contributed by atoms with Crippen LogP contribution in [0.4, 0.5) is 5.69 Å². The van der Waals surface area contributed by atoms with E-state index in [1.807, 2.05) is 59.5 Å². The highest BCUT2D eigenvalue weighted by Gasteiger charge is 2.27. The third-order valence-electron chi connectivity index (χ3n) is 4.39. The second-order valence-corrected chi connectivity index (χ2v) is 9.69. The van der Waals surface area contributed by atoms with Gasteiger partial charge in [-0.3, -0.25) is 9.69 Å². The summed E-state index contributed by atoms with van der Waals surface area (Å²) in [5, 5.41) is 2.89. The Kier molecular flexibility index (Phi) is 6.85. The van der Waals surface area contributed by atoms with Gasteiger partial charge in [0.15, 0.2) is 0 Å². The predicted octanol–water partition coefficient (Wildman–Crippen LogP) is 2.38. The minimum atomic E-state index is -3.34. The average Bonchev–Trinajstić information content (AvgIpc) is 2.62. The van der Waals surface area contributed by atoms with Crippen LogP contribution in [0, 0.1) is 3.57 Å². The summed E-state index contributed by atoms with van der Waals surface area (Å²) in [6.07, 6.45) is 0. The van der Waals surface area contributed by atoms with Crippen LogP contribution in [0.15, 0.2) is 54.6 Å². The fourth-order valence-corrected chi connectivity index (χ4v) is 5.07. The highest BCUT2D eigenvalue weighted by Crippen LogP contribution is 2.15. The molecule has 2 aromatic rings. The molecule has 1 aliphatic heterocycles. The van der Waals surface area contributed by atoms with E-state index in [-0.39, 0.29) is 18.2 Å². The lowest BCUT2D eigenvalue weighted by Crippen LogP contribution is -2.50. The minimum Gasteiger partial charge on any atom is -0.325 e. The van der Waals surface area contributed by atoms with Crippen LogP contribution in [0.3, 0.4) is 0 Å². The maximum atomic E-state index is 12.6. The molecule has 0 aromatic heterocycles. The summed E-state index contributed by atoms with van der Waals surface area (Å²) in [5.41, 5.74) is 1.56. The van der Waals surface area contributed by atoms with Crippen LogP contribution in [0.5, 0.6) is 0 Å². The first-order valence-corrected chi connectivity index (χ1v) is 11.4. The van der Waals surface area contributed by atoms with E-state index >= 15 is 0 Å². The Bertz CT molecular complexity index is 882. The van der Waals surface area contributed by atoms with Gasteiger partial charge < -0.3 is 5.32 Å². The van der Waals surface area contributed by atoms with Gasteiger partial charge in [0.1, 0.15) is 0 Å². The zero-order chi connectivity index (χ0) is 19.3. The van der Waals surface area contributed by atoms with Crippen molar-refractivity contribution < 1.29 is 13.2 Å². The Hall–Kier alpha value is -1.49. The number of rotatable bonds is 6. The number of nitrogens with one attached hydrogen (secondary N) is 1. The third kappa shape index (κ3) is 6.00. The molecule has 6 nitrogen and oxygen atoms in total. The fraction of sp³-hybridized carbons (Fsp3) is 0.316. The van der Waals surface area contributed by atoms with Gasteiger partial charge in [-0.1, -0.05) is 36.4 Å². The molecule has 8 heteroatoms. The second-order valence-electron chi connectivity index (χ2n) is 6.48. The molecular weight excluding hydrogens is 477 g/mol. The molecule has 1 saturated heterocycles. The highest BCUT2D eigenvalue weighted by atomic mass is 127. The topological polar surface area (TPSA) is 69.7 Å². The number of carbonyl (C=O) groups is 1. The first kappa shape index (κ1) is 20.2. The molecule has 1 amide bonds. The van der Waals surface area contributed by atoms with Crippen molar-refractivity contribution in [3.8, 4) is 0 Å². The van der Waals surface area contributed by atoms with Crippen LogP contribution in [-0.2, 0) is 20.6 Å². The van der Waals surface area contributed by atoms with Crippen LogP contribution < -0.4 is 5.32 Å². The molecule has 1 aliphatic rings. The lowest BCUT2D eigenvalue weighted by Gasteiger charge is -2.33. The van der Waals surface area contributed by atoms with Gasteiger partial charge in [-0.15, -0.1) is 0 Å². The number of hydrogen-bond acceptors (Lipinski definition) is 4. The van der Waals surface area contributed by atoms with E-state index in [1.54, 1.807) is 0 Å². The molecule has 0 radical (unpaired) electrons. The molecule has 0 unspecified atom stereocenters. The van der Waals surface area contributed by atoms with Crippen molar-refractivity contribution >= 4 is 44.2 Å². The number of amides is 1. The van der Waals surface area contributed by atoms with Crippen molar-refractivity contribution in [2.45, 2.75) is 5.75 Å². The number of piperazine rings is 1. The van der Waals surface area contributed by atoms with Crippen molar-refractivity contribution in [3.05, 3.63) is 63.7 Å². The number of anilines is 1. The summed E-state index contributed by atoms with van der Waals surface area (Å²) < 4.78 is 27.7. The molecular formula is C19H22IN3O3S. The van der Waals surface area contributed by atoms with Gasteiger partial charge in [0.25, 0.3) is 0 Å². The Balaban J connectivity index is 1.49. The number of benzene rings is 2. The van der Waals surface area contributed by atoms with Crippen LogP contribution in [-0.4, -0.2) is 56.3 Å². The number of hydrogen-bond donors (Lipinski definition) is 1. The number of sulfonamides is 1. The molecule has 2 aromatic carbocycles. The molecule has 3 rings (SSSR count). The summed E-state index contributed by atoms with van der Waals surface area (Å²) >= 11 is 2.20. The third-order valence-corrected chi connectivity index (χ3v) is 6.91. The molecule has 1 heterocycles. The van der Waals surface area contributed by atoms with Crippen LogP contribution in [0.2, 0.25) is 0 Å². The summed E-state index contributed by atoms with van der Waals surface area (Å²) in [4.78, 5) is 14.2. The van der Waals surface area contributed by atoms with E-state index in [2.05, 4.69) is 27.9 Å². The SMILES string of the molecule is O=C(CN1CCN(S(=O)(=O)Cc2ccccc2)CC1)Nc1cccc(I)c1. The van der Waals surface area contributed by atoms with Gasteiger partial charge in [-0.2, -0.15) is 4.31 Å². The number of nitrogens with zero attached hydrogens (tertiary/aromatic N) is 2. The van der Waals surface area contributed by atoms with Crippen molar-refractivity contribution in [2.75, 3.05) is 38.0 Å². The molecule has 0 spiro atoms. The lowest BCUT2D eigenvalue weighted by molar-refractivity contribution is -0.117. The van der Waals surface area contributed by atoms with Crippen LogP contribution >= 0.6 is 22.6 Å². The van der Waals surface area contributed by atoms with Gasteiger partial charge in [-0.05, 0) is 46.4 Å². The predicted molar refractivity (Wildman–Crippen MR) is 115 cm³/mol. The first-order chi connectivity index (χ1) is 12.9.